The molecule has 0 aliphatic carbocycles. The van der Waals surface area contributed by atoms with Crippen molar-refractivity contribution in [1.29, 1.82) is 0 Å². The summed E-state index contributed by atoms with van der Waals surface area (Å²) in [4.78, 5) is 34.3. The maximum atomic E-state index is 13.1. The van der Waals surface area contributed by atoms with Gasteiger partial charge in [-0.15, -0.1) is 0 Å². The van der Waals surface area contributed by atoms with Crippen LogP contribution in [0.25, 0.3) is 0 Å². The van der Waals surface area contributed by atoms with Crippen molar-refractivity contribution in [3.8, 4) is 0 Å². The molecule has 2 amide bonds. The molecule has 36 heavy (non-hydrogen) atoms. The summed E-state index contributed by atoms with van der Waals surface area (Å²) in [5.41, 5.74) is 3.53. The summed E-state index contributed by atoms with van der Waals surface area (Å²) in [5.74, 6) is 0.183. The topological polar surface area (TPSA) is 85.8 Å². The molecule has 1 aromatic carbocycles. The second-order valence-electron chi connectivity index (χ2n) is 10.3. The summed E-state index contributed by atoms with van der Waals surface area (Å²) in [6.45, 7) is 8.67. The summed E-state index contributed by atoms with van der Waals surface area (Å²) in [6.07, 6.45) is 9.90. The predicted octanol–water partition coefficient (Wildman–Crippen LogP) is 4.54. The van der Waals surface area contributed by atoms with Gasteiger partial charge in [-0.2, -0.15) is 0 Å². The Morgan fingerprint density at radius 1 is 1.08 bits per heavy atom. The Morgan fingerprint density at radius 3 is 2.50 bits per heavy atom. The average Bonchev–Trinajstić information content (AvgIpc) is 2.84. The van der Waals surface area contributed by atoms with Crippen molar-refractivity contribution in [1.82, 2.24) is 15.2 Å². The maximum absolute atomic E-state index is 13.1. The summed E-state index contributed by atoms with van der Waals surface area (Å²) < 4.78 is 0. The molecule has 1 atom stereocenters. The zero-order valence-electron chi connectivity index (χ0n) is 22.1. The zero-order chi connectivity index (χ0) is 25.9. The van der Waals surface area contributed by atoms with Crippen LogP contribution in [-0.4, -0.2) is 52.5 Å². The number of nitrogens with zero attached hydrogens (tertiary/aromatic N) is 3. The number of pyridine rings is 1. The minimum absolute atomic E-state index is 0.0154. The SMILES string of the molecule is CC(=O)N1CCCCCCCN(Cc2cccnc2)Cc2cc(C(=O)N[C@H](CO)CC(C)C)ccc21. The number of carbonyl (C=O) groups is 2. The Morgan fingerprint density at radius 2 is 1.83 bits per heavy atom. The lowest BCUT2D eigenvalue weighted by atomic mass is 10.0. The average molecular weight is 495 g/mol. The number of hydrogen-bond acceptors (Lipinski definition) is 5. The smallest absolute Gasteiger partial charge is 0.251 e. The first kappa shape index (κ1) is 27.8. The number of aliphatic hydroxyl groups excluding tert-OH is 1. The molecule has 2 N–H and O–H groups in total. The van der Waals surface area contributed by atoms with Crippen LogP contribution in [0.3, 0.4) is 0 Å². The lowest BCUT2D eigenvalue weighted by Crippen LogP contribution is -2.38. The van der Waals surface area contributed by atoms with E-state index in [1.165, 1.54) is 6.42 Å². The van der Waals surface area contributed by atoms with Crippen LogP contribution in [0.5, 0.6) is 0 Å². The molecule has 0 spiro atoms. The molecule has 7 heteroatoms. The van der Waals surface area contributed by atoms with Crippen LogP contribution in [0, 0.1) is 5.92 Å². The number of aromatic nitrogens is 1. The molecule has 1 aromatic heterocycles. The van der Waals surface area contributed by atoms with Crippen LogP contribution in [-0.2, 0) is 17.9 Å². The van der Waals surface area contributed by atoms with Crippen LogP contribution in [0.4, 0.5) is 5.69 Å². The highest BCUT2D eigenvalue weighted by atomic mass is 16.3. The number of hydrogen-bond donors (Lipinski definition) is 2. The Hall–Kier alpha value is -2.77. The first-order valence-electron chi connectivity index (χ1n) is 13.3. The van der Waals surface area contributed by atoms with E-state index in [0.717, 1.165) is 55.6 Å². The Kier molecular flexibility index (Phi) is 10.9. The normalized spacial score (nSPS) is 16.5. The maximum Gasteiger partial charge on any atom is 0.251 e. The third-order valence-electron chi connectivity index (χ3n) is 6.70. The number of carbonyl (C=O) groups excluding carboxylic acids is 2. The van der Waals surface area contributed by atoms with Crippen LogP contribution in [0.15, 0.2) is 42.7 Å². The van der Waals surface area contributed by atoms with Crippen LogP contribution in [0.1, 0.15) is 80.8 Å². The molecule has 196 valence electrons. The number of nitrogens with one attached hydrogen (secondary N) is 1. The minimum atomic E-state index is -0.283. The molecule has 7 nitrogen and oxygen atoms in total. The van der Waals surface area contributed by atoms with Gasteiger partial charge in [0.2, 0.25) is 5.91 Å². The summed E-state index contributed by atoms with van der Waals surface area (Å²) in [7, 11) is 0. The van der Waals surface area contributed by atoms with Crippen molar-refractivity contribution in [2.75, 3.05) is 24.6 Å². The monoisotopic (exact) mass is 494 g/mol. The molecule has 0 bridgehead atoms. The first-order valence-corrected chi connectivity index (χ1v) is 13.3. The minimum Gasteiger partial charge on any atom is -0.394 e. The van der Waals surface area contributed by atoms with E-state index < -0.39 is 0 Å². The van der Waals surface area contributed by atoms with Gasteiger partial charge >= 0.3 is 0 Å². The number of rotatable bonds is 7. The van der Waals surface area contributed by atoms with E-state index in [0.29, 0.717) is 31.0 Å². The van der Waals surface area contributed by atoms with Gasteiger partial charge in [-0.3, -0.25) is 19.5 Å². The summed E-state index contributed by atoms with van der Waals surface area (Å²) >= 11 is 0. The van der Waals surface area contributed by atoms with Gasteiger partial charge in [-0.05, 0) is 67.1 Å². The lowest BCUT2D eigenvalue weighted by Gasteiger charge is -2.29. The van der Waals surface area contributed by atoms with Crippen molar-refractivity contribution >= 4 is 17.5 Å². The molecule has 2 aromatic rings. The molecule has 0 saturated heterocycles. The molecule has 0 fully saturated rings. The number of fused-ring (bicyclic) bond motifs is 1. The largest absolute Gasteiger partial charge is 0.394 e. The van der Waals surface area contributed by atoms with Gasteiger partial charge in [-0.1, -0.05) is 39.2 Å². The number of aliphatic hydroxyl groups is 1. The first-order chi connectivity index (χ1) is 17.4. The molecule has 1 aliphatic heterocycles. The third kappa shape index (κ3) is 8.42. The van der Waals surface area contributed by atoms with Gasteiger partial charge in [0.15, 0.2) is 0 Å². The van der Waals surface area contributed by atoms with Gasteiger partial charge in [0.1, 0.15) is 0 Å². The highest BCUT2D eigenvalue weighted by molar-refractivity contribution is 5.97. The fourth-order valence-corrected chi connectivity index (χ4v) is 4.92. The molecule has 0 radical (unpaired) electrons. The van der Waals surface area contributed by atoms with Crippen LogP contribution < -0.4 is 10.2 Å². The third-order valence-corrected chi connectivity index (χ3v) is 6.70. The standard InChI is InChI=1S/C29H42N4O3/c1-22(2)16-27(21-34)31-29(36)25-11-12-28-26(17-25)20-32(19-24-10-9-13-30-18-24)14-7-5-4-6-8-15-33(28)23(3)35/h9-13,17-18,22,27,34H,4-8,14-16,19-21H2,1-3H3,(H,31,36)/t27-/m0/s1. The van der Waals surface area contributed by atoms with E-state index in [-0.39, 0.29) is 24.5 Å². The molecule has 0 saturated carbocycles. The van der Waals surface area contributed by atoms with Crippen molar-refractivity contribution in [3.05, 3.63) is 59.4 Å². The lowest BCUT2D eigenvalue weighted by molar-refractivity contribution is -0.116. The molecule has 0 unspecified atom stereocenters. The Bertz CT molecular complexity index is 980. The van der Waals surface area contributed by atoms with Gasteiger partial charge in [0.25, 0.3) is 5.91 Å². The van der Waals surface area contributed by atoms with Crippen LogP contribution in [0.2, 0.25) is 0 Å². The van der Waals surface area contributed by atoms with Gasteiger partial charge in [-0.25, -0.2) is 0 Å². The quantitative estimate of drug-likeness (QED) is 0.590. The van der Waals surface area contributed by atoms with Crippen LogP contribution >= 0.6 is 0 Å². The van der Waals surface area contributed by atoms with Crippen molar-refractivity contribution in [3.63, 3.8) is 0 Å². The van der Waals surface area contributed by atoms with Gasteiger partial charge in [0.05, 0.1) is 12.6 Å². The molecular weight excluding hydrogens is 452 g/mol. The Balaban J connectivity index is 1.94. The zero-order valence-corrected chi connectivity index (χ0v) is 22.1. The van der Waals surface area contributed by atoms with Crippen molar-refractivity contribution < 1.29 is 14.7 Å². The van der Waals surface area contributed by atoms with Gasteiger partial charge in [0, 0.05) is 50.2 Å². The Labute approximate surface area is 215 Å². The molecule has 1 aliphatic rings. The molecular formula is C29H42N4O3. The summed E-state index contributed by atoms with van der Waals surface area (Å²) in [5, 5.41) is 12.7. The predicted molar refractivity (Wildman–Crippen MR) is 144 cm³/mol. The molecule has 2 heterocycles. The fourth-order valence-electron chi connectivity index (χ4n) is 4.92. The van der Waals surface area contributed by atoms with E-state index in [9.17, 15) is 14.7 Å². The number of benzene rings is 1. The van der Waals surface area contributed by atoms with Crippen molar-refractivity contribution in [2.45, 2.75) is 78.4 Å². The highest BCUT2D eigenvalue weighted by Crippen LogP contribution is 2.27. The van der Waals surface area contributed by atoms with E-state index >= 15 is 0 Å². The van der Waals surface area contributed by atoms with E-state index in [2.05, 4.69) is 35.1 Å². The van der Waals surface area contributed by atoms with Gasteiger partial charge < -0.3 is 15.3 Å². The second-order valence-corrected chi connectivity index (χ2v) is 10.3. The van der Waals surface area contributed by atoms with Crippen molar-refractivity contribution in [2.24, 2.45) is 5.92 Å². The number of amides is 2. The molecule has 3 rings (SSSR count). The van der Waals surface area contributed by atoms with E-state index in [1.807, 2.05) is 29.3 Å². The number of anilines is 1. The summed E-state index contributed by atoms with van der Waals surface area (Å²) in [6, 6.07) is 9.39. The van der Waals surface area contributed by atoms with E-state index in [1.54, 1.807) is 19.2 Å². The fraction of sp³-hybridized carbons (Fsp3) is 0.552. The second kappa shape index (κ2) is 14.1. The highest BCUT2D eigenvalue weighted by Gasteiger charge is 2.21. The van der Waals surface area contributed by atoms with E-state index in [4.69, 9.17) is 0 Å².